The van der Waals surface area contributed by atoms with E-state index >= 15 is 0 Å². The fourth-order valence-corrected chi connectivity index (χ4v) is 2.23. The number of guanidine groups is 1. The highest BCUT2D eigenvalue weighted by Gasteiger charge is 2.28. The van der Waals surface area contributed by atoms with E-state index in [2.05, 4.69) is 15.6 Å². The van der Waals surface area contributed by atoms with Gasteiger partial charge < -0.3 is 10.6 Å². The minimum Gasteiger partial charge on any atom is -0.357 e. The average Bonchev–Trinajstić information content (AvgIpc) is 2.25. The lowest BCUT2D eigenvalue weighted by molar-refractivity contribution is -0.132. The van der Waals surface area contributed by atoms with Crippen LogP contribution in [0.1, 0.15) is 34.1 Å². The SMILES string of the molecule is CCNC(=NCCC(F)(F)F)NCCS(=O)(=O)C(C)(C)C.I. The zero-order chi connectivity index (χ0) is 16.7. The van der Waals surface area contributed by atoms with E-state index in [-0.39, 0.29) is 42.2 Å². The molecule has 0 aromatic heterocycles. The number of hydrogen-bond acceptors (Lipinski definition) is 3. The highest BCUT2D eigenvalue weighted by molar-refractivity contribution is 14.0. The molecule has 22 heavy (non-hydrogen) atoms. The van der Waals surface area contributed by atoms with Crippen molar-refractivity contribution in [2.75, 3.05) is 25.4 Å². The second-order valence-electron chi connectivity index (χ2n) is 5.48. The quantitative estimate of drug-likeness (QED) is 0.364. The van der Waals surface area contributed by atoms with E-state index < -0.39 is 33.7 Å². The summed E-state index contributed by atoms with van der Waals surface area (Å²) in [5, 5.41) is 5.50. The first-order valence-electron chi connectivity index (χ1n) is 6.70. The Bertz CT molecular complexity index is 446. The summed E-state index contributed by atoms with van der Waals surface area (Å²) in [6, 6.07) is 0. The minimum absolute atomic E-state index is 0. The summed E-state index contributed by atoms with van der Waals surface area (Å²) in [6.07, 6.45) is -5.26. The van der Waals surface area contributed by atoms with E-state index in [9.17, 15) is 21.6 Å². The topological polar surface area (TPSA) is 70.6 Å². The fourth-order valence-electron chi connectivity index (χ4n) is 1.25. The first kappa shape index (κ1) is 24.0. The monoisotopic (exact) mass is 459 g/mol. The molecule has 0 rings (SSSR count). The van der Waals surface area contributed by atoms with Crippen LogP contribution in [-0.2, 0) is 9.84 Å². The molecule has 0 bridgehead atoms. The predicted octanol–water partition coefficient (Wildman–Crippen LogP) is 2.33. The molecule has 0 aromatic carbocycles. The smallest absolute Gasteiger partial charge is 0.357 e. The molecule has 0 spiro atoms. The number of halogens is 4. The van der Waals surface area contributed by atoms with Crippen LogP contribution in [0.4, 0.5) is 13.2 Å². The Kier molecular flexibility index (Phi) is 10.7. The molecule has 0 fully saturated rings. The van der Waals surface area contributed by atoms with Gasteiger partial charge in [-0.15, -0.1) is 24.0 Å². The van der Waals surface area contributed by atoms with Gasteiger partial charge in [0.05, 0.1) is 23.5 Å². The number of hydrogen-bond donors (Lipinski definition) is 2. The molecule has 0 unspecified atom stereocenters. The van der Waals surface area contributed by atoms with Gasteiger partial charge in [-0.25, -0.2) is 8.42 Å². The van der Waals surface area contributed by atoms with Gasteiger partial charge in [-0.2, -0.15) is 13.2 Å². The average molecular weight is 459 g/mol. The number of sulfone groups is 1. The normalized spacial score (nSPS) is 13.5. The van der Waals surface area contributed by atoms with Crippen molar-refractivity contribution in [2.24, 2.45) is 4.99 Å². The van der Waals surface area contributed by atoms with Crippen molar-refractivity contribution in [1.82, 2.24) is 10.6 Å². The van der Waals surface area contributed by atoms with Crippen LogP contribution in [0.2, 0.25) is 0 Å². The van der Waals surface area contributed by atoms with Crippen LogP contribution in [0.3, 0.4) is 0 Å². The molecular formula is C12H25F3IN3O2S. The molecule has 0 aliphatic heterocycles. The molecule has 2 N–H and O–H groups in total. The van der Waals surface area contributed by atoms with Crippen LogP contribution in [0.15, 0.2) is 4.99 Å². The number of alkyl halides is 3. The van der Waals surface area contributed by atoms with Gasteiger partial charge in [-0.05, 0) is 27.7 Å². The van der Waals surface area contributed by atoms with E-state index in [1.54, 1.807) is 27.7 Å². The second kappa shape index (κ2) is 9.78. The maximum atomic E-state index is 12.0. The van der Waals surface area contributed by atoms with Crippen molar-refractivity contribution < 1.29 is 21.6 Å². The largest absolute Gasteiger partial charge is 0.390 e. The highest BCUT2D eigenvalue weighted by Crippen LogP contribution is 2.18. The Labute approximate surface area is 147 Å². The van der Waals surface area contributed by atoms with Gasteiger partial charge in [0, 0.05) is 13.1 Å². The predicted molar refractivity (Wildman–Crippen MR) is 93.6 cm³/mol. The second-order valence-corrected chi connectivity index (χ2v) is 8.35. The summed E-state index contributed by atoms with van der Waals surface area (Å²) in [7, 11) is -3.28. The Morgan fingerprint density at radius 3 is 2.09 bits per heavy atom. The van der Waals surface area contributed by atoms with Crippen molar-refractivity contribution in [3.63, 3.8) is 0 Å². The molecule has 134 valence electrons. The lowest BCUT2D eigenvalue weighted by atomic mass is 10.3. The molecule has 5 nitrogen and oxygen atoms in total. The third-order valence-electron chi connectivity index (χ3n) is 2.61. The van der Waals surface area contributed by atoms with Gasteiger partial charge in [-0.3, -0.25) is 4.99 Å². The zero-order valence-electron chi connectivity index (χ0n) is 13.2. The van der Waals surface area contributed by atoms with E-state index in [0.29, 0.717) is 6.54 Å². The van der Waals surface area contributed by atoms with Gasteiger partial charge >= 0.3 is 6.18 Å². The number of aliphatic imine (C=N–C) groups is 1. The third-order valence-corrected chi connectivity index (χ3v) is 5.21. The van der Waals surface area contributed by atoms with Crippen LogP contribution in [0.5, 0.6) is 0 Å². The van der Waals surface area contributed by atoms with Crippen LogP contribution < -0.4 is 10.6 Å². The number of nitrogens with one attached hydrogen (secondary N) is 2. The molecule has 0 aliphatic rings. The molecular weight excluding hydrogens is 434 g/mol. The summed E-state index contributed by atoms with van der Waals surface area (Å²) >= 11 is 0. The zero-order valence-corrected chi connectivity index (χ0v) is 16.4. The summed E-state index contributed by atoms with van der Waals surface area (Å²) in [4.78, 5) is 3.76. The highest BCUT2D eigenvalue weighted by atomic mass is 127. The maximum Gasteiger partial charge on any atom is 0.390 e. The standard InChI is InChI=1S/C12H24F3N3O2S.HI/c1-5-16-10(17-7-6-12(13,14)15)18-8-9-21(19,20)11(2,3)4;/h5-9H2,1-4H3,(H2,16,17,18);1H. The first-order valence-corrected chi connectivity index (χ1v) is 8.35. The van der Waals surface area contributed by atoms with Crippen molar-refractivity contribution in [1.29, 1.82) is 0 Å². The molecule has 0 amide bonds. The first-order chi connectivity index (χ1) is 9.39. The summed E-state index contributed by atoms with van der Waals surface area (Å²) in [6.45, 7) is 6.75. The van der Waals surface area contributed by atoms with Crippen molar-refractivity contribution in [3.8, 4) is 0 Å². The van der Waals surface area contributed by atoms with Crippen molar-refractivity contribution >= 4 is 39.8 Å². The lowest BCUT2D eigenvalue weighted by Crippen LogP contribution is -2.42. The Hall–Kier alpha value is -0.260. The number of rotatable bonds is 6. The summed E-state index contributed by atoms with van der Waals surface area (Å²) in [5.74, 6) is 0.0751. The van der Waals surface area contributed by atoms with Gasteiger partial charge in [0.15, 0.2) is 15.8 Å². The van der Waals surface area contributed by atoms with E-state index in [1.807, 2.05) is 0 Å². The minimum atomic E-state index is -4.25. The molecule has 0 atom stereocenters. The Morgan fingerprint density at radius 1 is 1.14 bits per heavy atom. The third kappa shape index (κ3) is 10.5. The van der Waals surface area contributed by atoms with Gasteiger partial charge in [0.25, 0.3) is 0 Å². The maximum absolute atomic E-state index is 12.0. The molecule has 0 aromatic rings. The van der Waals surface area contributed by atoms with E-state index in [4.69, 9.17) is 0 Å². The van der Waals surface area contributed by atoms with Crippen LogP contribution >= 0.6 is 24.0 Å². The van der Waals surface area contributed by atoms with Crippen molar-refractivity contribution in [2.45, 2.75) is 45.0 Å². The van der Waals surface area contributed by atoms with E-state index in [0.717, 1.165) is 0 Å². The van der Waals surface area contributed by atoms with E-state index in [1.165, 1.54) is 0 Å². The lowest BCUT2D eigenvalue weighted by Gasteiger charge is -2.19. The molecule has 0 saturated heterocycles. The molecule has 0 aliphatic carbocycles. The summed E-state index contributed by atoms with van der Waals surface area (Å²) < 4.78 is 59.0. The van der Waals surface area contributed by atoms with Gasteiger partial charge in [0.2, 0.25) is 0 Å². The summed E-state index contributed by atoms with van der Waals surface area (Å²) in [5.41, 5.74) is 0. The Morgan fingerprint density at radius 2 is 1.68 bits per heavy atom. The molecule has 0 saturated carbocycles. The van der Waals surface area contributed by atoms with Crippen LogP contribution in [0, 0.1) is 0 Å². The Balaban J connectivity index is 0. The van der Waals surface area contributed by atoms with Gasteiger partial charge in [0.1, 0.15) is 0 Å². The molecule has 0 heterocycles. The van der Waals surface area contributed by atoms with Crippen LogP contribution in [0.25, 0.3) is 0 Å². The molecule has 0 radical (unpaired) electrons. The van der Waals surface area contributed by atoms with Crippen LogP contribution in [-0.4, -0.2) is 50.7 Å². The molecule has 10 heteroatoms. The number of nitrogens with zero attached hydrogens (tertiary/aromatic N) is 1. The van der Waals surface area contributed by atoms with Gasteiger partial charge in [-0.1, -0.05) is 0 Å². The van der Waals surface area contributed by atoms with Crippen molar-refractivity contribution in [3.05, 3.63) is 0 Å². The fraction of sp³-hybridized carbons (Fsp3) is 0.917.